The van der Waals surface area contributed by atoms with Crippen LogP contribution in [0.25, 0.3) is 0 Å². The third-order valence-electron chi connectivity index (χ3n) is 2.65. The molecule has 0 aliphatic heterocycles. The van der Waals surface area contributed by atoms with Crippen LogP contribution in [0.5, 0.6) is 0 Å². The molecule has 0 saturated heterocycles. The molecule has 0 atom stereocenters. The van der Waals surface area contributed by atoms with Gasteiger partial charge in [0, 0.05) is 32.3 Å². The zero-order valence-electron chi connectivity index (χ0n) is 11.3. The number of benzene rings is 1. The lowest BCUT2D eigenvalue weighted by molar-refractivity contribution is -0.384. The van der Waals surface area contributed by atoms with E-state index in [-0.39, 0.29) is 23.8 Å². The average Bonchev–Trinajstić information content (AvgIpc) is 2.36. The summed E-state index contributed by atoms with van der Waals surface area (Å²) in [7, 11) is -0.136. The van der Waals surface area contributed by atoms with Crippen molar-refractivity contribution in [2.24, 2.45) is 0 Å². The highest BCUT2D eigenvalue weighted by Gasteiger charge is 2.18. The molecule has 1 aromatic carbocycles. The quantitative estimate of drug-likeness (QED) is 0.597. The molecule has 1 rings (SSSR count). The molecular formula is C11H18ClN3O4S. The number of nitrogens with one attached hydrogen (secondary N) is 1. The SMILES string of the molecule is CNCCN(C)S(=O)(=O)Cc1ccc([N+](=O)[O-])cc1.Cl. The Balaban J connectivity index is 0.00000361. The first-order valence-corrected chi connectivity index (χ1v) is 7.29. The van der Waals surface area contributed by atoms with E-state index < -0.39 is 14.9 Å². The highest BCUT2D eigenvalue weighted by molar-refractivity contribution is 7.88. The number of nitro groups is 1. The zero-order valence-corrected chi connectivity index (χ0v) is 12.9. The molecule has 0 unspecified atom stereocenters. The Kier molecular flexibility index (Phi) is 7.66. The van der Waals surface area contributed by atoms with Crippen LogP contribution >= 0.6 is 12.4 Å². The Hall–Kier alpha value is -1.22. The van der Waals surface area contributed by atoms with Crippen LogP contribution in [0, 0.1) is 10.1 Å². The zero-order chi connectivity index (χ0) is 14.5. The van der Waals surface area contributed by atoms with Gasteiger partial charge in [0.2, 0.25) is 10.0 Å². The first-order valence-electron chi connectivity index (χ1n) is 5.69. The summed E-state index contributed by atoms with van der Waals surface area (Å²) in [4.78, 5) is 9.98. The summed E-state index contributed by atoms with van der Waals surface area (Å²) >= 11 is 0. The fourth-order valence-corrected chi connectivity index (χ4v) is 2.65. The maximum atomic E-state index is 12.0. The van der Waals surface area contributed by atoms with Crippen molar-refractivity contribution in [2.75, 3.05) is 27.2 Å². The number of sulfonamides is 1. The summed E-state index contributed by atoms with van der Waals surface area (Å²) in [5.74, 6) is -0.161. The van der Waals surface area contributed by atoms with Crippen molar-refractivity contribution in [3.63, 3.8) is 0 Å². The number of non-ortho nitro benzene ring substituents is 1. The normalized spacial score (nSPS) is 11.2. The van der Waals surface area contributed by atoms with Gasteiger partial charge < -0.3 is 5.32 Å². The fourth-order valence-electron chi connectivity index (χ4n) is 1.44. The third-order valence-corrected chi connectivity index (χ3v) is 4.48. The van der Waals surface area contributed by atoms with Crippen molar-refractivity contribution >= 4 is 28.1 Å². The molecule has 0 fully saturated rings. The third kappa shape index (κ3) is 5.41. The maximum Gasteiger partial charge on any atom is 0.269 e. The van der Waals surface area contributed by atoms with E-state index in [0.29, 0.717) is 18.7 Å². The molecule has 7 nitrogen and oxygen atoms in total. The Labute approximate surface area is 124 Å². The van der Waals surface area contributed by atoms with Gasteiger partial charge in [0.25, 0.3) is 5.69 Å². The molecule has 114 valence electrons. The second kappa shape index (κ2) is 8.15. The highest BCUT2D eigenvalue weighted by atomic mass is 35.5. The van der Waals surface area contributed by atoms with E-state index in [4.69, 9.17) is 0 Å². The summed E-state index contributed by atoms with van der Waals surface area (Å²) in [6.45, 7) is 0.946. The van der Waals surface area contributed by atoms with Crippen LogP contribution in [0.1, 0.15) is 5.56 Å². The van der Waals surface area contributed by atoms with Crippen LogP contribution < -0.4 is 5.32 Å². The molecule has 0 radical (unpaired) electrons. The van der Waals surface area contributed by atoms with Gasteiger partial charge in [-0.3, -0.25) is 10.1 Å². The van der Waals surface area contributed by atoms with Crippen LogP contribution in [-0.4, -0.2) is 44.8 Å². The van der Waals surface area contributed by atoms with Crippen molar-refractivity contribution < 1.29 is 13.3 Å². The minimum atomic E-state index is -3.40. The van der Waals surface area contributed by atoms with Gasteiger partial charge in [0.05, 0.1) is 10.7 Å². The Bertz CT molecular complexity index is 533. The predicted octanol–water partition coefficient (Wildman–Crippen LogP) is 0.998. The molecule has 0 saturated carbocycles. The van der Waals surface area contributed by atoms with Crippen molar-refractivity contribution in [3.8, 4) is 0 Å². The number of nitrogens with zero attached hydrogens (tertiary/aromatic N) is 2. The molecule has 0 heterocycles. The summed E-state index contributed by atoms with van der Waals surface area (Å²) < 4.78 is 25.2. The van der Waals surface area contributed by atoms with Crippen LogP contribution in [0.2, 0.25) is 0 Å². The standard InChI is InChI=1S/C11H17N3O4S.ClH/c1-12-7-8-13(2)19(17,18)9-10-3-5-11(6-4-10)14(15)16;/h3-6,12H,7-9H2,1-2H3;1H. The van der Waals surface area contributed by atoms with Crippen LogP contribution in [-0.2, 0) is 15.8 Å². The summed E-state index contributed by atoms with van der Waals surface area (Å²) in [5, 5.41) is 13.4. The summed E-state index contributed by atoms with van der Waals surface area (Å²) in [5.41, 5.74) is 0.478. The van der Waals surface area contributed by atoms with Gasteiger partial charge in [-0.25, -0.2) is 12.7 Å². The first kappa shape index (κ1) is 18.8. The molecule has 9 heteroatoms. The van der Waals surface area contributed by atoms with E-state index in [1.165, 1.54) is 35.6 Å². The minimum Gasteiger partial charge on any atom is -0.318 e. The Morgan fingerprint density at radius 3 is 2.30 bits per heavy atom. The molecule has 1 N–H and O–H groups in total. The number of nitro benzene ring substituents is 1. The molecule has 0 aliphatic carbocycles. The van der Waals surface area contributed by atoms with Gasteiger partial charge in [0.15, 0.2) is 0 Å². The fraction of sp³-hybridized carbons (Fsp3) is 0.455. The largest absolute Gasteiger partial charge is 0.318 e. The lowest BCUT2D eigenvalue weighted by atomic mass is 10.2. The number of hydrogen-bond acceptors (Lipinski definition) is 5. The second-order valence-corrected chi connectivity index (χ2v) is 6.18. The van der Waals surface area contributed by atoms with Crippen LogP contribution in [0.4, 0.5) is 5.69 Å². The molecular weight excluding hydrogens is 306 g/mol. The minimum absolute atomic E-state index is 0. The molecule has 0 aliphatic rings. The van der Waals surface area contributed by atoms with Crippen molar-refractivity contribution in [3.05, 3.63) is 39.9 Å². The van der Waals surface area contributed by atoms with E-state index >= 15 is 0 Å². The van der Waals surface area contributed by atoms with E-state index in [1.54, 1.807) is 7.05 Å². The topological polar surface area (TPSA) is 92.6 Å². The van der Waals surface area contributed by atoms with Gasteiger partial charge in [0.1, 0.15) is 0 Å². The average molecular weight is 324 g/mol. The van der Waals surface area contributed by atoms with Gasteiger partial charge in [-0.15, -0.1) is 12.4 Å². The lowest BCUT2D eigenvalue weighted by Crippen LogP contribution is -2.33. The number of likely N-dealkylation sites (N-methyl/N-ethyl adjacent to an activating group) is 2. The van der Waals surface area contributed by atoms with Gasteiger partial charge in [-0.2, -0.15) is 0 Å². The second-order valence-electron chi connectivity index (χ2n) is 4.10. The van der Waals surface area contributed by atoms with E-state index in [1.807, 2.05) is 0 Å². The number of hydrogen-bond donors (Lipinski definition) is 1. The molecule has 20 heavy (non-hydrogen) atoms. The Morgan fingerprint density at radius 2 is 1.85 bits per heavy atom. The molecule has 0 bridgehead atoms. The maximum absolute atomic E-state index is 12.0. The van der Waals surface area contributed by atoms with Crippen LogP contribution in [0.15, 0.2) is 24.3 Å². The number of rotatable bonds is 7. The van der Waals surface area contributed by atoms with Crippen molar-refractivity contribution in [1.29, 1.82) is 0 Å². The summed E-state index contributed by atoms with van der Waals surface area (Å²) in [6.07, 6.45) is 0. The van der Waals surface area contributed by atoms with Gasteiger partial charge in [-0.05, 0) is 12.6 Å². The van der Waals surface area contributed by atoms with E-state index in [9.17, 15) is 18.5 Å². The van der Waals surface area contributed by atoms with E-state index in [0.717, 1.165) is 0 Å². The van der Waals surface area contributed by atoms with Crippen molar-refractivity contribution in [1.82, 2.24) is 9.62 Å². The lowest BCUT2D eigenvalue weighted by Gasteiger charge is -2.16. The monoisotopic (exact) mass is 323 g/mol. The molecule has 0 spiro atoms. The van der Waals surface area contributed by atoms with Crippen LogP contribution in [0.3, 0.4) is 0 Å². The molecule has 0 amide bonds. The smallest absolute Gasteiger partial charge is 0.269 e. The number of halogens is 1. The Morgan fingerprint density at radius 1 is 1.30 bits per heavy atom. The predicted molar refractivity (Wildman–Crippen MR) is 79.5 cm³/mol. The van der Waals surface area contributed by atoms with Gasteiger partial charge in [-0.1, -0.05) is 12.1 Å². The first-order chi connectivity index (χ1) is 8.86. The van der Waals surface area contributed by atoms with E-state index in [2.05, 4.69) is 5.32 Å². The molecule has 0 aromatic heterocycles. The van der Waals surface area contributed by atoms with Crippen molar-refractivity contribution in [2.45, 2.75) is 5.75 Å². The summed E-state index contributed by atoms with van der Waals surface area (Å²) in [6, 6.07) is 5.53. The van der Waals surface area contributed by atoms with Gasteiger partial charge >= 0.3 is 0 Å². The highest BCUT2D eigenvalue weighted by Crippen LogP contribution is 2.15. The molecule has 1 aromatic rings.